The van der Waals surface area contributed by atoms with Crippen LogP contribution in [-0.2, 0) is 18.4 Å². The first-order valence-corrected chi connectivity index (χ1v) is 10.1. The molecule has 4 heterocycles. The van der Waals surface area contributed by atoms with Crippen molar-refractivity contribution in [2.45, 2.75) is 52.0 Å². The first kappa shape index (κ1) is 18.2. The Balaban J connectivity index is 1.54. The number of aromatic amines is 1. The van der Waals surface area contributed by atoms with Gasteiger partial charge in [0.05, 0.1) is 17.6 Å². The van der Waals surface area contributed by atoms with E-state index in [0.717, 1.165) is 44.5 Å². The van der Waals surface area contributed by atoms with Gasteiger partial charge in [-0.15, -0.1) is 0 Å². The minimum Gasteiger partial charge on any atom is -0.361 e. The van der Waals surface area contributed by atoms with E-state index >= 15 is 0 Å². The lowest BCUT2D eigenvalue weighted by atomic mass is 9.78. The highest BCUT2D eigenvalue weighted by Gasteiger charge is 2.47. The molecule has 7 heteroatoms. The van der Waals surface area contributed by atoms with E-state index in [1.807, 2.05) is 18.2 Å². The number of hydrogen-bond donors (Lipinski definition) is 1. The quantitative estimate of drug-likeness (QED) is 0.894. The summed E-state index contributed by atoms with van der Waals surface area (Å²) >= 11 is 0. The number of carbonyl (C=O) groups excluding carboxylic acids is 1. The minimum atomic E-state index is -0.0625. The first-order chi connectivity index (χ1) is 13.0. The van der Waals surface area contributed by atoms with Gasteiger partial charge in [0.15, 0.2) is 5.69 Å². The Morgan fingerprint density at radius 1 is 1.33 bits per heavy atom. The van der Waals surface area contributed by atoms with Gasteiger partial charge in [-0.3, -0.25) is 9.69 Å². The molecule has 0 aromatic carbocycles. The number of nitrogens with one attached hydrogen (secondary N) is 1. The van der Waals surface area contributed by atoms with Crippen LogP contribution in [0.2, 0.25) is 0 Å². The molecule has 0 radical (unpaired) electrons. The molecule has 1 saturated heterocycles. The number of amides is 1. The van der Waals surface area contributed by atoms with Gasteiger partial charge >= 0.3 is 0 Å². The molecule has 1 N–H and O–H groups in total. The van der Waals surface area contributed by atoms with Crippen LogP contribution in [0.25, 0.3) is 0 Å². The van der Waals surface area contributed by atoms with Gasteiger partial charge in [-0.25, -0.2) is 4.98 Å². The molecule has 7 nitrogen and oxygen atoms in total. The molecule has 1 fully saturated rings. The maximum absolute atomic E-state index is 12.8. The Bertz CT molecular complexity index is 801. The number of nitrogens with zero attached hydrogens (tertiary/aromatic N) is 4. The molecule has 1 amide bonds. The van der Waals surface area contributed by atoms with Crippen LogP contribution in [0.4, 0.5) is 0 Å². The van der Waals surface area contributed by atoms with Crippen molar-refractivity contribution in [3.63, 3.8) is 0 Å². The molecule has 1 spiro atoms. The number of H-pyrrole nitrogens is 1. The molecule has 2 aromatic heterocycles. The maximum atomic E-state index is 12.8. The van der Waals surface area contributed by atoms with E-state index < -0.39 is 0 Å². The van der Waals surface area contributed by atoms with Crippen molar-refractivity contribution >= 4 is 5.91 Å². The molecule has 0 aliphatic carbocycles. The summed E-state index contributed by atoms with van der Waals surface area (Å²) in [4.78, 5) is 25.4. The summed E-state index contributed by atoms with van der Waals surface area (Å²) in [7, 11) is 0. The van der Waals surface area contributed by atoms with Crippen LogP contribution < -0.4 is 0 Å². The Labute approximate surface area is 160 Å². The number of imidazole rings is 1. The van der Waals surface area contributed by atoms with Gasteiger partial charge in [0, 0.05) is 50.8 Å². The number of aromatic nitrogens is 3. The summed E-state index contributed by atoms with van der Waals surface area (Å²) < 4.78 is 5.21. The molecule has 0 unspecified atom stereocenters. The van der Waals surface area contributed by atoms with Crippen LogP contribution in [0.3, 0.4) is 0 Å². The highest BCUT2D eigenvalue weighted by atomic mass is 16.5. The van der Waals surface area contributed by atoms with E-state index in [-0.39, 0.29) is 11.4 Å². The molecule has 0 atom stereocenters. The van der Waals surface area contributed by atoms with Crippen molar-refractivity contribution in [3.8, 4) is 0 Å². The number of likely N-dealkylation sites (tertiary alicyclic amines) is 1. The highest BCUT2D eigenvalue weighted by molar-refractivity contribution is 5.92. The summed E-state index contributed by atoms with van der Waals surface area (Å²) in [5.74, 6) is 1.33. The third kappa shape index (κ3) is 3.18. The largest absolute Gasteiger partial charge is 0.361 e. The van der Waals surface area contributed by atoms with Crippen LogP contribution in [0.5, 0.6) is 0 Å². The van der Waals surface area contributed by atoms with E-state index in [4.69, 9.17) is 9.51 Å². The number of rotatable bonds is 4. The van der Waals surface area contributed by atoms with Crippen molar-refractivity contribution < 1.29 is 9.32 Å². The summed E-state index contributed by atoms with van der Waals surface area (Å²) in [6.45, 7) is 10.1. The Hall–Kier alpha value is -2.15. The topological polar surface area (TPSA) is 78.3 Å². The number of carbonyl (C=O) groups is 1. The van der Waals surface area contributed by atoms with E-state index in [1.165, 1.54) is 11.4 Å². The van der Waals surface area contributed by atoms with Gasteiger partial charge in [0.2, 0.25) is 0 Å². The third-order valence-corrected chi connectivity index (χ3v) is 5.99. The molecule has 0 bridgehead atoms. The molecule has 27 heavy (non-hydrogen) atoms. The van der Waals surface area contributed by atoms with E-state index in [9.17, 15) is 4.79 Å². The highest BCUT2D eigenvalue weighted by Crippen LogP contribution is 2.42. The van der Waals surface area contributed by atoms with Gasteiger partial charge in [-0.1, -0.05) is 25.9 Å². The summed E-state index contributed by atoms with van der Waals surface area (Å²) in [6, 6.07) is 1.77. The average Bonchev–Trinajstić information content (AvgIpc) is 3.33. The van der Waals surface area contributed by atoms with Crippen molar-refractivity contribution in [2.24, 2.45) is 5.92 Å². The summed E-state index contributed by atoms with van der Waals surface area (Å²) in [6.07, 6.45) is 5.40. The number of piperidine rings is 1. The molecule has 2 aliphatic heterocycles. The second-order valence-corrected chi connectivity index (χ2v) is 8.18. The van der Waals surface area contributed by atoms with Crippen LogP contribution in [0.15, 0.2) is 16.9 Å². The van der Waals surface area contributed by atoms with Crippen LogP contribution in [0, 0.1) is 5.92 Å². The first-order valence-electron chi connectivity index (χ1n) is 10.1. The van der Waals surface area contributed by atoms with Gasteiger partial charge in [-0.2, -0.15) is 0 Å². The normalized spacial score (nSPS) is 19.6. The lowest BCUT2D eigenvalue weighted by molar-refractivity contribution is 0.000361. The van der Waals surface area contributed by atoms with Crippen LogP contribution in [0.1, 0.15) is 61.2 Å². The van der Waals surface area contributed by atoms with Crippen molar-refractivity contribution in [2.75, 3.05) is 26.2 Å². The van der Waals surface area contributed by atoms with E-state index in [0.29, 0.717) is 24.7 Å². The summed E-state index contributed by atoms with van der Waals surface area (Å²) in [5, 5.41) is 3.95. The molecule has 4 rings (SSSR count). The van der Waals surface area contributed by atoms with Crippen molar-refractivity contribution in [3.05, 3.63) is 35.2 Å². The zero-order valence-electron chi connectivity index (χ0n) is 16.5. The zero-order valence-corrected chi connectivity index (χ0v) is 16.5. The molecular weight excluding hydrogens is 342 g/mol. The maximum Gasteiger partial charge on any atom is 0.276 e. The summed E-state index contributed by atoms with van der Waals surface area (Å²) in [5.41, 5.74) is 2.81. The monoisotopic (exact) mass is 371 g/mol. The van der Waals surface area contributed by atoms with Gasteiger partial charge in [0.25, 0.3) is 5.91 Å². The lowest BCUT2D eigenvalue weighted by Crippen LogP contribution is -2.57. The average molecular weight is 371 g/mol. The SMILES string of the molecule is CCc1cc(C(=O)N2CCC3(CC2)c2nc[nH]c2CCN3CC(C)C)no1. The van der Waals surface area contributed by atoms with E-state index in [2.05, 4.69) is 28.9 Å². The van der Waals surface area contributed by atoms with Crippen molar-refractivity contribution in [1.82, 2.24) is 24.9 Å². The number of fused-ring (bicyclic) bond motifs is 2. The fourth-order valence-electron chi connectivity index (χ4n) is 4.61. The van der Waals surface area contributed by atoms with Crippen LogP contribution >= 0.6 is 0 Å². The molecular formula is C20H29N5O2. The zero-order chi connectivity index (χ0) is 19.0. The fourth-order valence-corrected chi connectivity index (χ4v) is 4.61. The Morgan fingerprint density at radius 2 is 2.11 bits per heavy atom. The second kappa shape index (κ2) is 7.11. The standard InChI is InChI=1S/C20H29N5O2/c1-4-15-11-17(23-27-15)19(26)24-9-6-20(7-10-24)18-16(21-13-22-18)5-8-25(20)12-14(2)3/h11,13-14H,4-10,12H2,1-3H3,(H,21,22). The molecule has 2 aromatic rings. The molecule has 0 saturated carbocycles. The second-order valence-electron chi connectivity index (χ2n) is 8.18. The number of hydrogen-bond acceptors (Lipinski definition) is 5. The van der Waals surface area contributed by atoms with Crippen LogP contribution in [-0.4, -0.2) is 57.0 Å². The number of aryl methyl sites for hydroxylation is 1. The molecule has 146 valence electrons. The Morgan fingerprint density at radius 3 is 2.78 bits per heavy atom. The predicted octanol–water partition coefficient (Wildman–Crippen LogP) is 2.61. The third-order valence-electron chi connectivity index (χ3n) is 5.99. The van der Waals surface area contributed by atoms with Gasteiger partial charge < -0.3 is 14.4 Å². The van der Waals surface area contributed by atoms with E-state index in [1.54, 1.807) is 6.07 Å². The molecule has 2 aliphatic rings. The smallest absolute Gasteiger partial charge is 0.276 e. The van der Waals surface area contributed by atoms with Gasteiger partial charge in [-0.05, 0) is 18.8 Å². The minimum absolute atomic E-state index is 0.0261. The predicted molar refractivity (Wildman–Crippen MR) is 101 cm³/mol. The Kier molecular flexibility index (Phi) is 4.80. The lowest BCUT2D eigenvalue weighted by Gasteiger charge is -2.51. The van der Waals surface area contributed by atoms with Crippen molar-refractivity contribution in [1.29, 1.82) is 0 Å². The van der Waals surface area contributed by atoms with Gasteiger partial charge in [0.1, 0.15) is 5.76 Å². The fraction of sp³-hybridized carbons (Fsp3) is 0.650.